The van der Waals surface area contributed by atoms with Crippen LogP contribution in [-0.2, 0) is 0 Å². The predicted molar refractivity (Wildman–Crippen MR) is 69.4 cm³/mol. The Hall–Kier alpha value is -1.92. The molecule has 0 bridgehead atoms. The maximum Gasteiger partial charge on any atom is 0.393 e. The number of fused-ring (bicyclic) bond motifs is 1. The molecule has 1 aliphatic heterocycles. The van der Waals surface area contributed by atoms with Gasteiger partial charge in [-0.25, -0.2) is 0 Å². The van der Waals surface area contributed by atoms with E-state index in [0.29, 0.717) is 29.8 Å². The van der Waals surface area contributed by atoms with Crippen molar-refractivity contribution in [1.29, 1.82) is 0 Å². The van der Waals surface area contributed by atoms with Crippen molar-refractivity contribution in [3.8, 4) is 0 Å². The second-order valence-electron chi connectivity index (χ2n) is 5.05. The number of rotatable bonds is 1. The highest BCUT2D eigenvalue weighted by molar-refractivity contribution is 5.78. The lowest BCUT2D eigenvalue weighted by Gasteiger charge is -2.32. The summed E-state index contributed by atoms with van der Waals surface area (Å²) >= 11 is 0. The number of alkyl halides is 3. The molecule has 7 heteroatoms. The summed E-state index contributed by atoms with van der Waals surface area (Å²) in [5, 5.41) is 0. The molecule has 2 heterocycles. The van der Waals surface area contributed by atoms with Crippen LogP contribution >= 0.6 is 0 Å². The van der Waals surface area contributed by atoms with Crippen molar-refractivity contribution in [3.63, 3.8) is 0 Å². The maximum atomic E-state index is 12.8. The number of aromatic nitrogens is 1. The average Bonchev–Trinajstić information content (AvgIpc) is 2.81. The molecule has 2 aromatic rings. The highest BCUT2D eigenvalue weighted by Crippen LogP contribution is 2.35. The molecule has 0 spiro atoms. The second-order valence-corrected chi connectivity index (χ2v) is 5.05. The standard InChI is InChI=1S/C13H14F3N3O/c14-13(15,16)8-2-1-5-19(7-8)12-18-10-6-9(17)3-4-11(10)20-12/h3-4,6,8H,1-2,5,7,17H2. The molecule has 20 heavy (non-hydrogen) atoms. The highest BCUT2D eigenvalue weighted by atomic mass is 19.4. The van der Waals surface area contributed by atoms with Crippen molar-refractivity contribution in [2.75, 3.05) is 23.7 Å². The summed E-state index contributed by atoms with van der Waals surface area (Å²) in [5.41, 5.74) is 7.29. The predicted octanol–water partition coefficient (Wildman–Crippen LogP) is 3.19. The maximum absolute atomic E-state index is 12.8. The van der Waals surface area contributed by atoms with Crippen molar-refractivity contribution in [1.82, 2.24) is 4.98 Å². The second kappa shape index (κ2) is 4.57. The molecule has 2 N–H and O–H groups in total. The van der Waals surface area contributed by atoms with E-state index >= 15 is 0 Å². The van der Waals surface area contributed by atoms with Crippen LogP contribution in [0.2, 0.25) is 0 Å². The Balaban J connectivity index is 1.87. The minimum absolute atomic E-state index is 0.105. The van der Waals surface area contributed by atoms with E-state index in [1.54, 1.807) is 23.1 Å². The SMILES string of the molecule is Nc1ccc2oc(N3CCCC(C(F)(F)F)C3)nc2c1. The molecule has 1 aromatic heterocycles. The fourth-order valence-electron chi connectivity index (χ4n) is 2.49. The molecule has 108 valence electrons. The summed E-state index contributed by atoms with van der Waals surface area (Å²) in [6, 6.07) is 5.23. The monoisotopic (exact) mass is 285 g/mol. The first-order valence-electron chi connectivity index (χ1n) is 6.41. The Labute approximate surface area is 113 Å². The molecule has 3 rings (SSSR count). The molecule has 1 aromatic carbocycles. The molecule has 1 atom stereocenters. The van der Waals surface area contributed by atoms with Gasteiger partial charge in [0.15, 0.2) is 5.58 Å². The smallest absolute Gasteiger partial charge is 0.393 e. The van der Waals surface area contributed by atoms with Gasteiger partial charge in [-0.2, -0.15) is 18.2 Å². The Morgan fingerprint density at radius 1 is 1.35 bits per heavy atom. The summed E-state index contributed by atoms with van der Waals surface area (Å²) in [6.45, 7) is 0.417. The van der Waals surface area contributed by atoms with Gasteiger partial charge >= 0.3 is 6.18 Å². The van der Waals surface area contributed by atoms with E-state index in [2.05, 4.69) is 4.98 Å². The van der Waals surface area contributed by atoms with Gasteiger partial charge in [0.2, 0.25) is 0 Å². The quantitative estimate of drug-likeness (QED) is 0.818. The van der Waals surface area contributed by atoms with Gasteiger partial charge in [0.1, 0.15) is 5.52 Å². The average molecular weight is 285 g/mol. The third kappa shape index (κ3) is 2.39. The lowest BCUT2D eigenvalue weighted by atomic mass is 9.98. The van der Waals surface area contributed by atoms with Crippen molar-refractivity contribution in [2.45, 2.75) is 19.0 Å². The molecule has 1 fully saturated rings. The topological polar surface area (TPSA) is 55.3 Å². The summed E-state index contributed by atoms with van der Waals surface area (Å²) in [6.07, 6.45) is -3.53. The van der Waals surface area contributed by atoms with Gasteiger partial charge in [-0.05, 0) is 31.0 Å². The van der Waals surface area contributed by atoms with Crippen LogP contribution in [0.3, 0.4) is 0 Å². The van der Waals surface area contributed by atoms with E-state index in [4.69, 9.17) is 10.2 Å². The van der Waals surface area contributed by atoms with Gasteiger partial charge in [-0.3, -0.25) is 0 Å². The molecule has 0 amide bonds. The lowest BCUT2D eigenvalue weighted by molar-refractivity contribution is -0.176. The fraction of sp³-hybridized carbons (Fsp3) is 0.462. The van der Waals surface area contributed by atoms with E-state index in [1.165, 1.54) is 0 Å². The van der Waals surface area contributed by atoms with Crippen molar-refractivity contribution >= 4 is 22.8 Å². The largest absolute Gasteiger partial charge is 0.423 e. The lowest BCUT2D eigenvalue weighted by Crippen LogP contribution is -2.41. The summed E-state index contributed by atoms with van der Waals surface area (Å²) in [7, 11) is 0. The van der Waals surface area contributed by atoms with E-state index in [1.807, 2.05) is 0 Å². The number of hydrogen-bond acceptors (Lipinski definition) is 4. The Morgan fingerprint density at radius 2 is 2.15 bits per heavy atom. The Morgan fingerprint density at radius 3 is 2.90 bits per heavy atom. The normalized spacial score (nSPS) is 20.6. The summed E-state index contributed by atoms with van der Waals surface area (Å²) in [5.74, 6) is -1.32. The zero-order valence-corrected chi connectivity index (χ0v) is 10.7. The van der Waals surface area contributed by atoms with Crippen LogP contribution in [0.4, 0.5) is 24.9 Å². The summed E-state index contributed by atoms with van der Waals surface area (Å²) in [4.78, 5) is 5.78. The number of hydrogen-bond donors (Lipinski definition) is 1. The van der Waals surface area contributed by atoms with Gasteiger partial charge in [0.25, 0.3) is 6.01 Å². The third-order valence-electron chi connectivity index (χ3n) is 3.56. The van der Waals surface area contributed by atoms with E-state index in [-0.39, 0.29) is 19.0 Å². The van der Waals surface area contributed by atoms with Crippen molar-refractivity contribution in [3.05, 3.63) is 18.2 Å². The van der Waals surface area contributed by atoms with Crippen LogP contribution in [-0.4, -0.2) is 24.2 Å². The molecule has 0 aliphatic carbocycles. The molecule has 1 aliphatic rings. The first kappa shape index (κ1) is 13.1. The van der Waals surface area contributed by atoms with Gasteiger partial charge in [-0.15, -0.1) is 0 Å². The van der Waals surface area contributed by atoms with Crippen molar-refractivity contribution < 1.29 is 17.6 Å². The van der Waals surface area contributed by atoms with E-state index in [9.17, 15) is 13.2 Å². The molecule has 0 radical (unpaired) electrons. The van der Waals surface area contributed by atoms with Gasteiger partial charge in [0, 0.05) is 18.8 Å². The van der Waals surface area contributed by atoms with Crippen LogP contribution in [0, 0.1) is 5.92 Å². The van der Waals surface area contributed by atoms with E-state index in [0.717, 1.165) is 0 Å². The van der Waals surface area contributed by atoms with Gasteiger partial charge < -0.3 is 15.1 Å². The summed E-state index contributed by atoms with van der Waals surface area (Å²) < 4.78 is 43.9. The van der Waals surface area contributed by atoms with Crippen molar-refractivity contribution in [2.24, 2.45) is 5.92 Å². The number of halogens is 3. The van der Waals surface area contributed by atoms with E-state index < -0.39 is 12.1 Å². The highest BCUT2D eigenvalue weighted by Gasteiger charge is 2.42. The fourth-order valence-corrected chi connectivity index (χ4v) is 2.49. The van der Waals surface area contributed by atoms with Gasteiger partial charge in [0.05, 0.1) is 5.92 Å². The number of anilines is 2. The number of nitrogens with two attached hydrogens (primary N) is 1. The number of nitrogen functional groups attached to an aromatic ring is 1. The molecule has 1 saturated heterocycles. The van der Waals surface area contributed by atoms with Crippen LogP contribution < -0.4 is 10.6 Å². The Bertz CT molecular complexity index is 623. The number of nitrogens with zero attached hydrogens (tertiary/aromatic N) is 2. The Kier molecular flexibility index (Phi) is 2.99. The van der Waals surface area contributed by atoms with Crippen LogP contribution in [0.25, 0.3) is 11.1 Å². The molecule has 1 unspecified atom stereocenters. The minimum Gasteiger partial charge on any atom is -0.423 e. The number of piperidine rings is 1. The first-order valence-corrected chi connectivity index (χ1v) is 6.41. The molecular formula is C13H14F3N3O. The zero-order valence-electron chi connectivity index (χ0n) is 10.7. The molecular weight excluding hydrogens is 271 g/mol. The van der Waals surface area contributed by atoms with Crippen LogP contribution in [0.1, 0.15) is 12.8 Å². The zero-order chi connectivity index (χ0) is 14.3. The number of oxazole rings is 1. The molecule has 0 saturated carbocycles. The van der Waals surface area contributed by atoms with Crippen LogP contribution in [0.5, 0.6) is 0 Å². The first-order chi connectivity index (χ1) is 9.43. The molecule has 4 nitrogen and oxygen atoms in total. The number of benzene rings is 1. The minimum atomic E-state index is -4.17. The van der Waals surface area contributed by atoms with Crippen LogP contribution in [0.15, 0.2) is 22.6 Å². The van der Waals surface area contributed by atoms with Gasteiger partial charge in [-0.1, -0.05) is 0 Å². The third-order valence-corrected chi connectivity index (χ3v) is 3.56.